The van der Waals surface area contributed by atoms with Crippen LogP contribution in [-0.2, 0) is 21.2 Å². The topological polar surface area (TPSA) is 55.4 Å². The van der Waals surface area contributed by atoms with Crippen molar-refractivity contribution in [2.75, 3.05) is 19.8 Å². The maximum absolute atomic E-state index is 12.3. The molecular formula is C15H23NO3S. The molecule has 0 saturated carbocycles. The van der Waals surface area contributed by atoms with E-state index in [1.54, 1.807) is 0 Å². The highest BCUT2D eigenvalue weighted by Crippen LogP contribution is 2.25. The number of benzene rings is 1. The second-order valence-corrected chi connectivity index (χ2v) is 7.38. The smallest absolute Gasteiger partial charge is 0.214 e. The van der Waals surface area contributed by atoms with Gasteiger partial charge in [0, 0.05) is 19.1 Å². The predicted molar refractivity (Wildman–Crippen MR) is 80.2 cm³/mol. The SMILES string of the molecule is CCNS(=O)(=O)[C@H]1CCOC[C@@H]1Cc1ccc(C)cc1. The third-order valence-electron chi connectivity index (χ3n) is 3.77. The summed E-state index contributed by atoms with van der Waals surface area (Å²) in [6, 6.07) is 8.27. The number of rotatable bonds is 5. The molecule has 1 fully saturated rings. The largest absolute Gasteiger partial charge is 0.381 e. The maximum atomic E-state index is 12.3. The van der Waals surface area contributed by atoms with Crippen LogP contribution in [0.2, 0.25) is 0 Å². The fourth-order valence-corrected chi connectivity index (χ4v) is 4.42. The van der Waals surface area contributed by atoms with Crippen LogP contribution in [0.25, 0.3) is 0 Å². The quantitative estimate of drug-likeness (QED) is 0.903. The lowest BCUT2D eigenvalue weighted by molar-refractivity contribution is 0.0570. The van der Waals surface area contributed by atoms with Gasteiger partial charge in [-0.25, -0.2) is 13.1 Å². The van der Waals surface area contributed by atoms with Gasteiger partial charge in [-0.1, -0.05) is 36.8 Å². The van der Waals surface area contributed by atoms with Gasteiger partial charge in [0.2, 0.25) is 10.0 Å². The first-order chi connectivity index (χ1) is 9.53. The Bertz CT molecular complexity index is 525. The minimum atomic E-state index is -3.24. The molecule has 0 amide bonds. The van der Waals surface area contributed by atoms with Crippen LogP contribution >= 0.6 is 0 Å². The van der Waals surface area contributed by atoms with Gasteiger partial charge in [0.25, 0.3) is 0 Å². The van der Waals surface area contributed by atoms with E-state index in [0.29, 0.717) is 26.2 Å². The molecule has 1 heterocycles. The summed E-state index contributed by atoms with van der Waals surface area (Å²) < 4.78 is 32.7. The summed E-state index contributed by atoms with van der Waals surface area (Å²) in [5, 5.41) is -0.350. The van der Waals surface area contributed by atoms with E-state index in [1.807, 2.05) is 13.8 Å². The maximum Gasteiger partial charge on any atom is 0.214 e. The lowest BCUT2D eigenvalue weighted by Crippen LogP contribution is -2.44. The van der Waals surface area contributed by atoms with E-state index >= 15 is 0 Å². The fraction of sp³-hybridized carbons (Fsp3) is 0.600. The molecule has 112 valence electrons. The van der Waals surface area contributed by atoms with Gasteiger partial charge in [-0.2, -0.15) is 0 Å². The Morgan fingerprint density at radius 3 is 2.65 bits per heavy atom. The summed E-state index contributed by atoms with van der Waals surface area (Å²) in [6.07, 6.45) is 1.32. The van der Waals surface area contributed by atoms with E-state index in [2.05, 4.69) is 29.0 Å². The summed E-state index contributed by atoms with van der Waals surface area (Å²) in [5.41, 5.74) is 2.38. The van der Waals surface area contributed by atoms with Crippen molar-refractivity contribution in [3.05, 3.63) is 35.4 Å². The Morgan fingerprint density at radius 2 is 2.00 bits per heavy atom. The summed E-state index contributed by atoms with van der Waals surface area (Å²) in [5.74, 6) is 0.0236. The van der Waals surface area contributed by atoms with Gasteiger partial charge in [-0.15, -0.1) is 0 Å². The molecule has 4 nitrogen and oxygen atoms in total. The minimum Gasteiger partial charge on any atom is -0.381 e. The van der Waals surface area contributed by atoms with Crippen molar-refractivity contribution >= 4 is 10.0 Å². The lowest BCUT2D eigenvalue weighted by Gasteiger charge is -2.31. The van der Waals surface area contributed by atoms with Gasteiger partial charge in [0.15, 0.2) is 0 Å². The van der Waals surface area contributed by atoms with Crippen LogP contribution in [0.5, 0.6) is 0 Å². The zero-order valence-electron chi connectivity index (χ0n) is 12.1. The minimum absolute atomic E-state index is 0.0236. The van der Waals surface area contributed by atoms with E-state index in [4.69, 9.17) is 4.74 Å². The molecule has 0 unspecified atom stereocenters. The number of hydrogen-bond donors (Lipinski definition) is 1. The molecule has 1 aromatic carbocycles. The monoisotopic (exact) mass is 297 g/mol. The highest BCUT2D eigenvalue weighted by Gasteiger charge is 2.35. The Kier molecular flexibility index (Phi) is 5.18. The number of aryl methyl sites for hydroxylation is 1. The second kappa shape index (κ2) is 6.70. The first-order valence-electron chi connectivity index (χ1n) is 7.14. The van der Waals surface area contributed by atoms with Crippen molar-refractivity contribution in [2.24, 2.45) is 5.92 Å². The number of ether oxygens (including phenoxy) is 1. The standard InChI is InChI=1S/C15H23NO3S/c1-3-16-20(17,18)15-8-9-19-11-14(15)10-13-6-4-12(2)5-7-13/h4-7,14-16H,3,8-11H2,1-2H3/t14-,15-/m0/s1. The van der Waals surface area contributed by atoms with Crippen LogP contribution < -0.4 is 4.72 Å². The van der Waals surface area contributed by atoms with E-state index < -0.39 is 10.0 Å². The molecule has 1 aliphatic heterocycles. The van der Waals surface area contributed by atoms with E-state index in [0.717, 1.165) is 6.42 Å². The zero-order valence-corrected chi connectivity index (χ0v) is 12.9. The Balaban J connectivity index is 2.13. The van der Waals surface area contributed by atoms with Crippen molar-refractivity contribution in [3.63, 3.8) is 0 Å². The molecule has 20 heavy (non-hydrogen) atoms. The van der Waals surface area contributed by atoms with Gasteiger partial charge in [-0.05, 0) is 25.3 Å². The van der Waals surface area contributed by atoms with Crippen LogP contribution in [-0.4, -0.2) is 33.4 Å². The van der Waals surface area contributed by atoms with Crippen molar-refractivity contribution in [2.45, 2.75) is 31.9 Å². The molecule has 1 N–H and O–H groups in total. The number of sulfonamides is 1. The molecule has 1 aliphatic rings. The average molecular weight is 297 g/mol. The van der Waals surface area contributed by atoms with Crippen molar-refractivity contribution in [1.29, 1.82) is 0 Å². The first-order valence-corrected chi connectivity index (χ1v) is 8.69. The fourth-order valence-electron chi connectivity index (χ4n) is 2.71. The molecule has 2 atom stereocenters. The van der Waals surface area contributed by atoms with Gasteiger partial charge >= 0.3 is 0 Å². The Hall–Kier alpha value is -0.910. The molecule has 2 rings (SSSR count). The van der Waals surface area contributed by atoms with Gasteiger partial charge < -0.3 is 4.74 Å². The lowest BCUT2D eigenvalue weighted by atomic mass is 9.93. The summed E-state index contributed by atoms with van der Waals surface area (Å²) in [6.45, 7) is 5.34. The van der Waals surface area contributed by atoms with E-state index in [-0.39, 0.29) is 11.2 Å². The van der Waals surface area contributed by atoms with Crippen molar-refractivity contribution in [1.82, 2.24) is 4.72 Å². The molecule has 0 aliphatic carbocycles. The van der Waals surface area contributed by atoms with Crippen molar-refractivity contribution in [3.8, 4) is 0 Å². The third-order valence-corrected chi connectivity index (χ3v) is 5.88. The summed E-state index contributed by atoms with van der Waals surface area (Å²) in [7, 11) is -3.24. The summed E-state index contributed by atoms with van der Waals surface area (Å²) in [4.78, 5) is 0. The normalized spacial score (nSPS) is 23.7. The average Bonchev–Trinajstić information content (AvgIpc) is 2.42. The molecule has 0 radical (unpaired) electrons. The third kappa shape index (κ3) is 3.81. The van der Waals surface area contributed by atoms with Gasteiger partial charge in [-0.3, -0.25) is 0 Å². The van der Waals surface area contributed by atoms with Crippen LogP contribution in [0.15, 0.2) is 24.3 Å². The second-order valence-electron chi connectivity index (χ2n) is 5.39. The molecule has 1 aromatic rings. The van der Waals surface area contributed by atoms with Crippen LogP contribution in [0.4, 0.5) is 0 Å². The van der Waals surface area contributed by atoms with Gasteiger partial charge in [0.1, 0.15) is 0 Å². The van der Waals surface area contributed by atoms with E-state index in [1.165, 1.54) is 11.1 Å². The number of nitrogens with one attached hydrogen (secondary N) is 1. The molecule has 0 bridgehead atoms. The molecule has 5 heteroatoms. The summed E-state index contributed by atoms with van der Waals surface area (Å²) >= 11 is 0. The van der Waals surface area contributed by atoms with Crippen LogP contribution in [0.3, 0.4) is 0 Å². The highest BCUT2D eigenvalue weighted by atomic mass is 32.2. The zero-order chi connectivity index (χ0) is 14.6. The Labute approximate surface area is 121 Å². The number of hydrogen-bond acceptors (Lipinski definition) is 3. The highest BCUT2D eigenvalue weighted by molar-refractivity contribution is 7.90. The van der Waals surface area contributed by atoms with Crippen LogP contribution in [0.1, 0.15) is 24.5 Å². The first kappa shape index (κ1) is 15.5. The molecular weight excluding hydrogens is 274 g/mol. The van der Waals surface area contributed by atoms with Gasteiger partial charge in [0.05, 0.1) is 11.9 Å². The molecule has 0 aromatic heterocycles. The predicted octanol–water partition coefficient (Wildman–Crippen LogP) is 1.88. The van der Waals surface area contributed by atoms with E-state index in [9.17, 15) is 8.42 Å². The Morgan fingerprint density at radius 1 is 1.30 bits per heavy atom. The molecule has 0 spiro atoms. The van der Waals surface area contributed by atoms with Crippen LogP contribution in [0, 0.1) is 12.8 Å². The van der Waals surface area contributed by atoms with Crippen molar-refractivity contribution < 1.29 is 13.2 Å². The molecule has 1 saturated heterocycles.